The van der Waals surface area contributed by atoms with Crippen molar-refractivity contribution in [3.63, 3.8) is 0 Å². The van der Waals surface area contributed by atoms with Gasteiger partial charge in [-0.3, -0.25) is 0 Å². The summed E-state index contributed by atoms with van der Waals surface area (Å²) in [6.07, 6.45) is 3.72. The largest absolute Gasteiger partial charge is 0.457 e. The first-order valence-corrected chi connectivity index (χ1v) is 8.73. The average molecular weight is 408 g/mol. The normalized spacial score (nSPS) is 14.7. The van der Waals surface area contributed by atoms with Crippen molar-refractivity contribution < 1.29 is 22.3 Å². The first kappa shape index (κ1) is 19.1. The Morgan fingerprint density at radius 3 is 2.55 bits per heavy atom. The van der Waals surface area contributed by atoms with E-state index >= 15 is 0 Å². The molecule has 2 aromatic heterocycles. The number of anilines is 1. The van der Waals surface area contributed by atoms with Crippen LogP contribution in [0.2, 0.25) is 0 Å². The van der Waals surface area contributed by atoms with E-state index in [4.69, 9.17) is 4.74 Å². The van der Waals surface area contributed by atoms with Gasteiger partial charge in [0.05, 0.1) is 48.6 Å². The van der Waals surface area contributed by atoms with Gasteiger partial charge in [0.25, 0.3) is 5.92 Å². The molecule has 0 bridgehead atoms. The molecule has 0 aliphatic carbocycles. The fraction of sp³-hybridized carbons (Fsp3) is 0.333. The molecule has 29 heavy (non-hydrogen) atoms. The number of ether oxygens (including phenoxy) is 1. The van der Waals surface area contributed by atoms with Gasteiger partial charge >= 0.3 is 6.01 Å². The Labute approximate surface area is 162 Å². The van der Waals surface area contributed by atoms with Crippen LogP contribution >= 0.6 is 0 Å². The van der Waals surface area contributed by atoms with Crippen molar-refractivity contribution in [3.8, 4) is 11.7 Å². The second-order valence-electron chi connectivity index (χ2n) is 6.72. The minimum absolute atomic E-state index is 0.00634. The van der Waals surface area contributed by atoms with Crippen molar-refractivity contribution in [2.45, 2.75) is 25.6 Å². The van der Waals surface area contributed by atoms with Gasteiger partial charge in [-0.15, -0.1) is 5.10 Å². The number of benzene rings is 1. The van der Waals surface area contributed by atoms with E-state index in [1.807, 2.05) is 0 Å². The van der Waals surface area contributed by atoms with Gasteiger partial charge in [-0.05, 0) is 18.2 Å². The summed E-state index contributed by atoms with van der Waals surface area (Å²) in [6, 6.07) is 3.41. The van der Waals surface area contributed by atoms with E-state index in [1.165, 1.54) is 29.3 Å². The van der Waals surface area contributed by atoms with Gasteiger partial charge in [0.2, 0.25) is 0 Å². The minimum Gasteiger partial charge on any atom is -0.457 e. The molecule has 4 rings (SSSR count). The highest BCUT2D eigenvalue weighted by atomic mass is 19.3. The number of nitrogens with zero attached hydrogens (tertiary/aromatic N) is 6. The molecule has 1 aliphatic rings. The van der Waals surface area contributed by atoms with Crippen molar-refractivity contribution in [1.29, 1.82) is 0 Å². The summed E-state index contributed by atoms with van der Waals surface area (Å²) < 4.78 is 60.2. The summed E-state index contributed by atoms with van der Waals surface area (Å²) in [4.78, 5) is 9.92. The quantitative estimate of drug-likeness (QED) is 0.584. The van der Waals surface area contributed by atoms with Gasteiger partial charge in [0, 0.05) is 6.92 Å². The molecular weight excluding hydrogens is 392 g/mol. The molecule has 3 aromatic rings. The standard InChI is InChI=1S/C18H16F4N6O/c1-18(21,22)15-4-13(2-3-16(15)20)28-9-12(25-26-28)10-29-17-23-5-14(6-24-17)27-7-11(19)8-27/h2-6,9,11H,7-8,10H2,1H3. The van der Waals surface area contributed by atoms with Crippen LogP contribution in [0.1, 0.15) is 18.2 Å². The molecule has 1 saturated heterocycles. The van der Waals surface area contributed by atoms with E-state index in [1.54, 1.807) is 4.90 Å². The summed E-state index contributed by atoms with van der Waals surface area (Å²) in [6.45, 7) is 1.26. The molecule has 11 heteroatoms. The predicted octanol–water partition coefficient (Wildman–Crippen LogP) is 3.05. The highest BCUT2D eigenvalue weighted by Crippen LogP contribution is 2.30. The molecule has 1 fully saturated rings. The highest BCUT2D eigenvalue weighted by molar-refractivity contribution is 5.45. The average Bonchev–Trinajstić information content (AvgIpc) is 3.13. The van der Waals surface area contributed by atoms with Crippen LogP contribution in [0.5, 0.6) is 6.01 Å². The van der Waals surface area contributed by atoms with Gasteiger partial charge in [-0.25, -0.2) is 32.2 Å². The van der Waals surface area contributed by atoms with Crippen LogP contribution in [-0.4, -0.2) is 44.2 Å². The summed E-state index contributed by atoms with van der Waals surface area (Å²) >= 11 is 0. The number of aromatic nitrogens is 5. The molecule has 0 radical (unpaired) electrons. The molecule has 0 spiro atoms. The van der Waals surface area contributed by atoms with E-state index < -0.39 is 23.5 Å². The maximum absolute atomic E-state index is 13.6. The van der Waals surface area contributed by atoms with Crippen molar-refractivity contribution in [2.24, 2.45) is 0 Å². The van der Waals surface area contributed by atoms with Crippen molar-refractivity contribution in [3.05, 3.63) is 53.9 Å². The Balaban J connectivity index is 1.41. The lowest BCUT2D eigenvalue weighted by atomic mass is 10.1. The second-order valence-corrected chi connectivity index (χ2v) is 6.72. The molecule has 0 atom stereocenters. The molecular formula is C18H16F4N6O. The maximum Gasteiger partial charge on any atom is 0.316 e. The zero-order valence-electron chi connectivity index (χ0n) is 15.3. The fourth-order valence-corrected chi connectivity index (χ4v) is 2.80. The van der Waals surface area contributed by atoms with Gasteiger partial charge in [0.1, 0.15) is 24.3 Å². The lowest BCUT2D eigenvalue weighted by molar-refractivity contribution is 0.0137. The van der Waals surface area contributed by atoms with E-state index in [-0.39, 0.29) is 18.3 Å². The minimum atomic E-state index is -3.32. The van der Waals surface area contributed by atoms with Crippen LogP contribution in [0, 0.1) is 5.82 Å². The van der Waals surface area contributed by atoms with Crippen LogP contribution in [0.3, 0.4) is 0 Å². The third-order valence-electron chi connectivity index (χ3n) is 4.39. The number of hydrogen-bond donors (Lipinski definition) is 0. The van der Waals surface area contributed by atoms with E-state index in [0.29, 0.717) is 31.4 Å². The highest BCUT2D eigenvalue weighted by Gasteiger charge is 2.29. The molecule has 1 aromatic carbocycles. The van der Waals surface area contributed by atoms with Crippen molar-refractivity contribution >= 4 is 5.69 Å². The van der Waals surface area contributed by atoms with Crippen LogP contribution < -0.4 is 9.64 Å². The fourth-order valence-electron chi connectivity index (χ4n) is 2.80. The van der Waals surface area contributed by atoms with Gasteiger partial charge in [0.15, 0.2) is 0 Å². The van der Waals surface area contributed by atoms with Crippen LogP contribution in [0.15, 0.2) is 36.8 Å². The van der Waals surface area contributed by atoms with Crippen molar-refractivity contribution in [1.82, 2.24) is 25.0 Å². The third-order valence-corrected chi connectivity index (χ3v) is 4.39. The third kappa shape index (κ3) is 4.13. The molecule has 3 heterocycles. The Hall–Kier alpha value is -3.24. The van der Waals surface area contributed by atoms with Gasteiger partial charge in [-0.2, -0.15) is 0 Å². The van der Waals surface area contributed by atoms with Crippen LogP contribution in [0.25, 0.3) is 5.69 Å². The van der Waals surface area contributed by atoms with Gasteiger partial charge in [-0.1, -0.05) is 5.21 Å². The van der Waals surface area contributed by atoms with Crippen molar-refractivity contribution in [2.75, 3.05) is 18.0 Å². The van der Waals surface area contributed by atoms with Crippen LogP contribution in [-0.2, 0) is 12.5 Å². The Kier molecular flexibility index (Phi) is 4.81. The summed E-state index contributed by atoms with van der Waals surface area (Å²) in [5.41, 5.74) is 0.618. The maximum atomic E-state index is 13.6. The number of halogens is 4. The lowest BCUT2D eigenvalue weighted by Crippen LogP contribution is -2.48. The molecule has 0 unspecified atom stereocenters. The van der Waals surface area contributed by atoms with Crippen LogP contribution in [0.4, 0.5) is 23.2 Å². The predicted molar refractivity (Wildman–Crippen MR) is 94.4 cm³/mol. The Morgan fingerprint density at radius 1 is 1.17 bits per heavy atom. The zero-order valence-corrected chi connectivity index (χ0v) is 15.3. The molecule has 0 saturated carbocycles. The van der Waals surface area contributed by atoms with Gasteiger partial charge < -0.3 is 9.64 Å². The molecule has 0 amide bonds. The molecule has 0 N–H and O–H groups in total. The lowest BCUT2D eigenvalue weighted by Gasteiger charge is -2.35. The number of alkyl halides is 3. The van der Waals surface area contributed by atoms with E-state index in [9.17, 15) is 17.6 Å². The number of hydrogen-bond acceptors (Lipinski definition) is 6. The number of rotatable bonds is 6. The molecule has 1 aliphatic heterocycles. The Morgan fingerprint density at radius 2 is 1.90 bits per heavy atom. The monoisotopic (exact) mass is 408 g/mol. The first-order valence-electron chi connectivity index (χ1n) is 8.73. The van der Waals surface area contributed by atoms with E-state index in [2.05, 4.69) is 20.3 Å². The summed E-state index contributed by atoms with van der Waals surface area (Å²) in [5.74, 6) is -4.32. The summed E-state index contributed by atoms with van der Waals surface area (Å²) in [5, 5.41) is 7.75. The second kappa shape index (κ2) is 7.30. The summed E-state index contributed by atoms with van der Waals surface area (Å²) in [7, 11) is 0. The van der Waals surface area contributed by atoms with E-state index in [0.717, 1.165) is 12.1 Å². The topological polar surface area (TPSA) is 69.0 Å². The first-order chi connectivity index (χ1) is 13.8. The smallest absolute Gasteiger partial charge is 0.316 e. The zero-order chi connectivity index (χ0) is 20.6. The molecule has 7 nitrogen and oxygen atoms in total. The Bertz CT molecular complexity index is 998. The molecule has 152 valence electrons. The SMILES string of the molecule is CC(F)(F)c1cc(-n2cc(COc3ncc(N4CC(F)C4)cn3)nn2)ccc1F.